The largest absolute Gasteiger partial charge is 0.445 e. The summed E-state index contributed by atoms with van der Waals surface area (Å²) in [6.45, 7) is 5.70. The number of imidazole rings is 1. The maximum atomic E-state index is 13.1. The highest BCUT2D eigenvalue weighted by Crippen LogP contribution is 2.30. The Morgan fingerprint density at radius 2 is 2.29 bits per heavy atom. The van der Waals surface area contributed by atoms with Crippen LogP contribution in [0, 0.1) is 0 Å². The fourth-order valence-electron chi connectivity index (χ4n) is 3.22. The van der Waals surface area contributed by atoms with Crippen LogP contribution < -0.4 is 0 Å². The summed E-state index contributed by atoms with van der Waals surface area (Å²) in [5.74, 6) is 0.551. The molecule has 28 heavy (non-hydrogen) atoms. The van der Waals surface area contributed by atoms with E-state index in [4.69, 9.17) is 4.74 Å². The highest BCUT2D eigenvalue weighted by atomic mass is 32.2. The molecule has 2 aromatic rings. The Morgan fingerprint density at radius 1 is 1.50 bits per heavy atom. The molecule has 8 nitrogen and oxygen atoms in total. The first kappa shape index (κ1) is 20.4. The summed E-state index contributed by atoms with van der Waals surface area (Å²) < 4.78 is 7.07. The highest BCUT2D eigenvalue weighted by molar-refractivity contribution is 8.14. The zero-order valence-corrected chi connectivity index (χ0v) is 17.4. The molecule has 0 N–H and O–H groups in total. The van der Waals surface area contributed by atoms with E-state index in [2.05, 4.69) is 11.6 Å². The fourth-order valence-corrected chi connectivity index (χ4v) is 4.92. The molecule has 1 aliphatic heterocycles. The second-order valence-corrected chi connectivity index (χ2v) is 8.88. The van der Waals surface area contributed by atoms with E-state index >= 15 is 0 Å². The molecule has 150 valence electrons. The molecule has 2 atom stereocenters. The third kappa shape index (κ3) is 4.39. The van der Waals surface area contributed by atoms with Gasteiger partial charge in [0.2, 0.25) is 5.91 Å². The lowest BCUT2D eigenvalue weighted by Crippen LogP contribution is -2.46. The van der Waals surface area contributed by atoms with Crippen LogP contribution in [0.5, 0.6) is 0 Å². The van der Waals surface area contributed by atoms with Crippen LogP contribution in [0.2, 0.25) is 0 Å². The average Bonchev–Trinajstić information content (AvgIpc) is 3.35. The lowest BCUT2D eigenvalue weighted by molar-refractivity contribution is -0.134. The number of likely N-dealkylation sites (tertiary alicyclic amines) is 1. The number of fused-ring (bicyclic) bond motifs is 1. The predicted molar refractivity (Wildman–Crippen MR) is 108 cm³/mol. The summed E-state index contributed by atoms with van der Waals surface area (Å²) in [5.41, 5.74) is 0. The molecule has 3 rings (SSSR count). The molecule has 1 fully saturated rings. The number of thioether (sulfide) groups is 1. The highest BCUT2D eigenvalue weighted by Gasteiger charge is 2.42. The normalized spacial score (nSPS) is 19.0. The molecule has 0 aliphatic carbocycles. The van der Waals surface area contributed by atoms with Gasteiger partial charge in [-0.2, -0.15) is 0 Å². The number of carbonyl (C=O) groups is 3. The monoisotopic (exact) mass is 422 g/mol. The zero-order valence-electron chi connectivity index (χ0n) is 15.7. The van der Waals surface area contributed by atoms with Crippen molar-refractivity contribution in [2.24, 2.45) is 0 Å². The Labute approximate surface area is 171 Å². The van der Waals surface area contributed by atoms with Gasteiger partial charge in [-0.25, -0.2) is 9.78 Å². The van der Waals surface area contributed by atoms with Crippen LogP contribution in [0.15, 0.2) is 30.4 Å². The number of hydrogen-bond donors (Lipinski definition) is 0. The molecule has 0 unspecified atom stereocenters. The Morgan fingerprint density at radius 3 is 3.00 bits per heavy atom. The molecule has 0 bridgehead atoms. The molecule has 0 spiro atoms. The summed E-state index contributed by atoms with van der Waals surface area (Å²) in [4.78, 5) is 45.3. The van der Waals surface area contributed by atoms with Gasteiger partial charge in [0.25, 0.3) is 0 Å². The zero-order chi connectivity index (χ0) is 20.3. The third-order valence-corrected chi connectivity index (χ3v) is 6.24. The van der Waals surface area contributed by atoms with Gasteiger partial charge in [0.15, 0.2) is 5.12 Å². The van der Waals surface area contributed by atoms with Crippen LogP contribution in [0.25, 0.3) is 4.83 Å². The van der Waals surface area contributed by atoms with Crippen molar-refractivity contribution in [1.82, 2.24) is 19.2 Å². The van der Waals surface area contributed by atoms with E-state index in [1.54, 1.807) is 29.5 Å². The molecular formula is C18H22N4O4S2. The van der Waals surface area contributed by atoms with Crippen LogP contribution in [-0.4, -0.2) is 67.8 Å². The van der Waals surface area contributed by atoms with Crippen molar-refractivity contribution in [3.63, 3.8) is 0 Å². The summed E-state index contributed by atoms with van der Waals surface area (Å²) in [5, 5.41) is 1.79. The van der Waals surface area contributed by atoms with Crippen molar-refractivity contribution in [1.29, 1.82) is 0 Å². The average molecular weight is 423 g/mol. The minimum absolute atomic E-state index is 0.0388. The van der Waals surface area contributed by atoms with Gasteiger partial charge in [-0.3, -0.25) is 18.9 Å². The minimum Gasteiger partial charge on any atom is -0.445 e. The Hall–Kier alpha value is -2.33. The molecule has 2 aromatic heterocycles. The lowest BCUT2D eigenvalue weighted by Gasteiger charge is -2.27. The quantitative estimate of drug-likeness (QED) is 0.665. The topological polar surface area (TPSA) is 84.2 Å². The van der Waals surface area contributed by atoms with Crippen LogP contribution >= 0.6 is 23.1 Å². The molecule has 0 radical (unpaired) electrons. The Kier molecular flexibility index (Phi) is 6.40. The van der Waals surface area contributed by atoms with Crippen LogP contribution in [-0.2, 0) is 20.9 Å². The van der Waals surface area contributed by atoms with E-state index in [9.17, 15) is 14.4 Å². The van der Waals surface area contributed by atoms with E-state index in [1.807, 2.05) is 16.0 Å². The van der Waals surface area contributed by atoms with Crippen molar-refractivity contribution >= 4 is 45.0 Å². The number of ether oxygens (including phenoxy) is 1. The van der Waals surface area contributed by atoms with Gasteiger partial charge in [-0.05, 0) is 6.42 Å². The number of thiazole rings is 1. The first-order chi connectivity index (χ1) is 13.4. The van der Waals surface area contributed by atoms with Crippen molar-refractivity contribution in [2.75, 3.05) is 20.2 Å². The molecule has 1 saturated heterocycles. The number of aromatic nitrogens is 2. The second-order valence-electron chi connectivity index (χ2n) is 6.48. The van der Waals surface area contributed by atoms with Gasteiger partial charge in [-0.15, -0.1) is 11.3 Å². The van der Waals surface area contributed by atoms with E-state index in [0.29, 0.717) is 19.5 Å². The van der Waals surface area contributed by atoms with Gasteiger partial charge in [-0.1, -0.05) is 24.4 Å². The molecule has 1 aliphatic rings. The van der Waals surface area contributed by atoms with Crippen molar-refractivity contribution in [2.45, 2.75) is 31.2 Å². The standard InChI is InChI=1S/C18H22N4O4S2/c1-4-6-26-18(25)22-10-13(28-12(2)23)8-14(22)17(24)20(3)11-15-19-9-16-21(15)5-7-27-16/h4-5,7,9,13-14H,1,6,8,10-11H2,2-3H3/t13-,14-/m0/s1. The van der Waals surface area contributed by atoms with Crippen LogP contribution in [0.3, 0.4) is 0 Å². The summed E-state index contributed by atoms with van der Waals surface area (Å²) >= 11 is 2.73. The van der Waals surface area contributed by atoms with Crippen molar-refractivity contribution in [3.05, 3.63) is 36.3 Å². The Bertz CT molecular complexity index is 893. The molecular weight excluding hydrogens is 400 g/mol. The lowest BCUT2D eigenvalue weighted by atomic mass is 10.2. The summed E-state index contributed by atoms with van der Waals surface area (Å²) in [6, 6.07) is -0.669. The van der Waals surface area contributed by atoms with Gasteiger partial charge >= 0.3 is 6.09 Å². The predicted octanol–water partition coefficient (Wildman–Crippen LogP) is 2.40. The molecule has 3 heterocycles. The van der Waals surface area contributed by atoms with E-state index in [-0.39, 0.29) is 22.9 Å². The SMILES string of the molecule is C=CCOC(=O)N1C[C@@H](SC(C)=O)C[C@H]1C(=O)N(C)Cc1ncc2sccn12. The van der Waals surface area contributed by atoms with E-state index < -0.39 is 12.1 Å². The van der Waals surface area contributed by atoms with Gasteiger partial charge in [0.05, 0.1) is 12.7 Å². The van der Waals surface area contributed by atoms with Gasteiger partial charge in [0, 0.05) is 37.3 Å². The maximum absolute atomic E-state index is 13.1. The van der Waals surface area contributed by atoms with Crippen molar-refractivity contribution in [3.8, 4) is 0 Å². The second kappa shape index (κ2) is 8.78. The number of hydrogen-bond acceptors (Lipinski definition) is 7. The molecule has 10 heteroatoms. The molecule has 0 saturated carbocycles. The smallest absolute Gasteiger partial charge is 0.410 e. The van der Waals surface area contributed by atoms with Crippen LogP contribution in [0.4, 0.5) is 4.79 Å². The maximum Gasteiger partial charge on any atom is 0.410 e. The molecule has 2 amide bonds. The van der Waals surface area contributed by atoms with Gasteiger partial charge < -0.3 is 9.64 Å². The van der Waals surface area contributed by atoms with E-state index in [0.717, 1.165) is 22.4 Å². The number of rotatable bonds is 6. The minimum atomic E-state index is -0.669. The van der Waals surface area contributed by atoms with Crippen LogP contribution in [0.1, 0.15) is 19.2 Å². The fraction of sp³-hybridized carbons (Fsp3) is 0.444. The third-order valence-electron chi connectivity index (χ3n) is 4.43. The first-order valence-corrected chi connectivity index (χ1v) is 10.5. The summed E-state index contributed by atoms with van der Waals surface area (Å²) in [6.07, 6.45) is 5.00. The Balaban J connectivity index is 1.73. The van der Waals surface area contributed by atoms with Crippen molar-refractivity contribution < 1.29 is 19.1 Å². The molecule has 0 aromatic carbocycles. The van der Waals surface area contributed by atoms with E-state index in [1.165, 1.54) is 17.9 Å². The number of carbonyl (C=O) groups excluding carboxylic acids is 3. The number of likely N-dealkylation sites (N-methyl/N-ethyl adjacent to an activating group) is 1. The number of nitrogens with zero attached hydrogens (tertiary/aromatic N) is 4. The first-order valence-electron chi connectivity index (χ1n) is 8.76. The number of amides is 2. The van der Waals surface area contributed by atoms with Gasteiger partial charge in [0.1, 0.15) is 23.3 Å². The summed E-state index contributed by atoms with van der Waals surface area (Å²) in [7, 11) is 1.69.